The first-order valence-electron chi connectivity index (χ1n) is 6.63. The van der Waals surface area contributed by atoms with Crippen molar-refractivity contribution in [2.75, 3.05) is 14.2 Å². The number of rotatable bonds is 4. The van der Waals surface area contributed by atoms with Gasteiger partial charge in [0, 0.05) is 16.7 Å². The van der Waals surface area contributed by atoms with Crippen LogP contribution in [0.3, 0.4) is 0 Å². The van der Waals surface area contributed by atoms with Crippen LogP contribution >= 0.6 is 11.6 Å². The molecule has 1 aliphatic rings. The van der Waals surface area contributed by atoms with E-state index in [4.69, 9.17) is 21.1 Å². The topological polar surface area (TPSA) is 55.8 Å². The van der Waals surface area contributed by atoms with Crippen LogP contribution < -0.4 is 9.47 Å². The first-order chi connectivity index (χ1) is 9.47. The van der Waals surface area contributed by atoms with E-state index in [9.17, 15) is 9.90 Å². The molecule has 1 aromatic carbocycles. The van der Waals surface area contributed by atoms with Gasteiger partial charge < -0.3 is 14.6 Å². The zero-order chi connectivity index (χ0) is 14.9. The molecule has 1 aromatic rings. The van der Waals surface area contributed by atoms with Crippen LogP contribution in [0.1, 0.15) is 36.8 Å². The van der Waals surface area contributed by atoms with Crippen LogP contribution in [0, 0.1) is 6.92 Å². The predicted octanol–water partition coefficient (Wildman–Crippen LogP) is 3.56. The number of aliphatic carboxylic acids is 1. The maximum Gasteiger partial charge on any atom is 0.314 e. The molecular formula is C15H19ClO4. The largest absolute Gasteiger partial charge is 0.493 e. The number of benzene rings is 1. The van der Waals surface area contributed by atoms with Gasteiger partial charge >= 0.3 is 5.97 Å². The number of methoxy groups -OCH3 is 2. The van der Waals surface area contributed by atoms with Gasteiger partial charge in [0.15, 0.2) is 11.5 Å². The van der Waals surface area contributed by atoms with Gasteiger partial charge in [0.2, 0.25) is 0 Å². The normalized spacial score (nSPS) is 17.0. The van der Waals surface area contributed by atoms with Crippen LogP contribution in [-0.2, 0) is 10.2 Å². The highest BCUT2D eigenvalue weighted by atomic mass is 35.5. The zero-order valence-corrected chi connectivity index (χ0v) is 12.7. The Balaban J connectivity index is 2.77. The standard InChI is InChI=1S/C15H19ClO4/c1-9-10(16)8-11(19-2)13(20-3)12(9)15(14(17)18)6-4-5-7-15/h8H,4-7H2,1-3H3,(H,17,18). The molecule has 0 amide bonds. The van der Waals surface area contributed by atoms with Crippen molar-refractivity contribution in [2.45, 2.75) is 38.0 Å². The van der Waals surface area contributed by atoms with Gasteiger partial charge in [-0.1, -0.05) is 24.4 Å². The molecule has 0 heterocycles. The average molecular weight is 299 g/mol. The van der Waals surface area contributed by atoms with Crippen LogP contribution in [0.15, 0.2) is 6.07 Å². The number of halogens is 1. The molecular weight excluding hydrogens is 280 g/mol. The second-order valence-electron chi connectivity index (χ2n) is 5.19. The minimum absolute atomic E-state index is 0.477. The fraction of sp³-hybridized carbons (Fsp3) is 0.533. The summed E-state index contributed by atoms with van der Waals surface area (Å²) in [6.45, 7) is 1.84. The highest BCUT2D eigenvalue weighted by Gasteiger charge is 2.46. The lowest BCUT2D eigenvalue weighted by molar-refractivity contribution is -0.143. The SMILES string of the molecule is COc1cc(Cl)c(C)c(C2(C(=O)O)CCCC2)c1OC. The van der Waals surface area contributed by atoms with Crippen molar-refractivity contribution in [1.29, 1.82) is 0 Å². The van der Waals surface area contributed by atoms with Gasteiger partial charge in [0.05, 0.1) is 19.6 Å². The monoisotopic (exact) mass is 298 g/mol. The summed E-state index contributed by atoms with van der Waals surface area (Å²) in [6.07, 6.45) is 2.99. The van der Waals surface area contributed by atoms with Crippen molar-refractivity contribution in [3.8, 4) is 11.5 Å². The lowest BCUT2D eigenvalue weighted by Crippen LogP contribution is -2.34. The van der Waals surface area contributed by atoms with Crippen LogP contribution in [0.2, 0.25) is 5.02 Å². The van der Waals surface area contributed by atoms with Crippen LogP contribution in [0.4, 0.5) is 0 Å². The van der Waals surface area contributed by atoms with Gasteiger partial charge in [-0.05, 0) is 25.3 Å². The lowest BCUT2D eigenvalue weighted by Gasteiger charge is -2.29. The number of carboxylic acid groups (broad SMARTS) is 1. The second kappa shape index (κ2) is 5.52. The Morgan fingerprint density at radius 1 is 1.30 bits per heavy atom. The molecule has 1 saturated carbocycles. The van der Waals surface area contributed by atoms with Crippen molar-refractivity contribution in [3.05, 3.63) is 22.2 Å². The third kappa shape index (κ3) is 2.12. The summed E-state index contributed by atoms with van der Waals surface area (Å²) in [5.74, 6) is 0.144. The molecule has 1 N–H and O–H groups in total. The summed E-state index contributed by atoms with van der Waals surface area (Å²) in [6, 6.07) is 1.67. The third-order valence-electron chi connectivity index (χ3n) is 4.21. The highest BCUT2D eigenvalue weighted by molar-refractivity contribution is 6.31. The van der Waals surface area contributed by atoms with Gasteiger partial charge in [-0.2, -0.15) is 0 Å². The summed E-state index contributed by atoms with van der Waals surface area (Å²) in [7, 11) is 3.05. The molecule has 110 valence electrons. The molecule has 0 spiro atoms. The first kappa shape index (κ1) is 15.0. The summed E-state index contributed by atoms with van der Waals surface area (Å²) in [5, 5.41) is 10.3. The summed E-state index contributed by atoms with van der Waals surface area (Å²) in [4.78, 5) is 11.9. The molecule has 2 rings (SSSR count). The minimum Gasteiger partial charge on any atom is -0.493 e. The van der Waals surface area contributed by atoms with Crippen LogP contribution in [-0.4, -0.2) is 25.3 Å². The van der Waals surface area contributed by atoms with E-state index in [1.165, 1.54) is 14.2 Å². The van der Waals surface area contributed by atoms with Crippen LogP contribution in [0.5, 0.6) is 11.5 Å². The Morgan fingerprint density at radius 3 is 2.35 bits per heavy atom. The Morgan fingerprint density at radius 2 is 1.90 bits per heavy atom. The van der Waals surface area contributed by atoms with Crippen molar-refractivity contribution in [3.63, 3.8) is 0 Å². The number of hydrogen-bond acceptors (Lipinski definition) is 3. The molecule has 1 fully saturated rings. The van der Waals surface area contributed by atoms with E-state index >= 15 is 0 Å². The van der Waals surface area contributed by atoms with E-state index in [-0.39, 0.29) is 0 Å². The van der Waals surface area contributed by atoms with Gasteiger partial charge in [-0.25, -0.2) is 0 Å². The Labute approximate surface area is 123 Å². The molecule has 0 bridgehead atoms. The molecule has 1 aliphatic carbocycles. The van der Waals surface area contributed by atoms with E-state index < -0.39 is 11.4 Å². The first-order valence-corrected chi connectivity index (χ1v) is 7.00. The van der Waals surface area contributed by atoms with Crippen molar-refractivity contribution in [2.24, 2.45) is 0 Å². The number of ether oxygens (including phenoxy) is 2. The van der Waals surface area contributed by atoms with Crippen LogP contribution in [0.25, 0.3) is 0 Å². The highest BCUT2D eigenvalue weighted by Crippen LogP contribution is 2.50. The zero-order valence-electron chi connectivity index (χ0n) is 12.0. The van der Waals surface area contributed by atoms with E-state index in [1.807, 2.05) is 6.92 Å². The molecule has 0 aliphatic heterocycles. The minimum atomic E-state index is -0.923. The second-order valence-corrected chi connectivity index (χ2v) is 5.60. The molecule has 0 radical (unpaired) electrons. The summed E-state index contributed by atoms with van der Waals surface area (Å²) < 4.78 is 10.7. The van der Waals surface area contributed by atoms with Crippen molar-refractivity contribution < 1.29 is 19.4 Å². The number of carboxylic acids is 1. The van der Waals surface area contributed by atoms with E-state index in [0.717, 1.165) is 18.4 Å². The van der Waals surface area contributed by atoms with E-state index in [0.29, 0.717) is 34.9 Å². The third-order valence-corrected chi connectivity index (χ3v) is 4.60. The molecule has 5 heteroatoms. The predicted molar refractivity (Wildman–Crippen MR) is 77.1 cm³/mol. The number of hydrogen-bond donors (Lipinski definition) is 1. The van der Waals surface area contributed by atoms with E-state index in [1.54, 1.807) is 6.07 Å². The quantitative estimate of drug-likeness (QED) is 0.923. The van der Waals surface area contributed by atoms with Gasteiger partial charge in [-0.3, -0.25) is 4.79 Å². The van der Waals surface area contributed by atoms with Crippen molar-refractivity contribution >= 4 is 17.6 Å². The Kier molecular flexibility index (Phi) is 4.14. The fourth-order valence-corrected chi connectivity index (χ4v) is 3.38. The van der Waals surface area contributed by atoms with E-state index in [2.05, 4.69) is 0 Å². The van der Waals surface area contributed by atoms with Crippen molar-refractivity contribution in [1.82, 2.24) is 0 Å². The lowest BCUT2D eigenvalue weighted by atomic mass is 9.76. The average Bonchev–Trinajstić information content (AvgIpc) is 2.91. The Hall–Kier alpha value is -1.42. The molecule has 0 unspecified atom stereocenters. The molecule has 0 atom stereocenters. The van der Waals surface area contributed by atoms with Gasteiger partial charge in [-0.15, -0.1) is 0 Å². The maximum atomic E-state index is 11.9. The molecule has 0 saturated heterocycles. The smallest absolute Gasteiger partial charge is 0.314 e. The fourth-order valence-electron chi connectivity index (χ4n) is 3.18. The molecule has 0 aromatic heterocycles. The Bertz CT molecular complexity index is 533. The number of carbonyl (C=O) groups is 1. The van der Waals surface area contributed by atoms with Gasteiger partial charge in [0.25, 0.3) is 0 Å². The summed E-state index contributed by atoms with van der Waals surface area (Å²) in [5.41, 5.74) is 0.496. The maximum absolute atomic E-state index is 11.9. The molecule has 4 nitrogen and oxygen atoms in total. The molecule has 20 heavy (non-hydrogen) atoms. The van der Waals surface area contributed by atoms with Gasteiger partial charge in [0.1, 0.15) is 0 Å². The summed E-state index contributed by atoms with van der Waals surface area (Å²) >= 11 is 6.24.